The molecule has 0 amide bonds. The summed E-state index contributed by atoms with van der Waals surface area (Å²) in [6.45, 7) is 3.13. The second-order valence-corrected chi connectivity index (χ2v) is 5.03. The lowest BCUT2D eigenvalue weighted by atomic mass is 9.87. The molecule has 0 bridgehead atoms. The van der Waals surface area contributed by atoms with Gasteiger partial charge in [0.2, 0.25) is 0 Å². The Kier molecular flexibility index (Phi) is 2.95. The van der Waals surface area contributed by atoms with Crippen molar-refractivity contribution in [3.8, 4) is 5.75 Å². The first kappa shape index (κ1) is 12.4. The molecule has 0 radical (unpaired) electrons. The zero-order chi connectivity index (χ0) is 13.5. The summed E-state index contributed by atoms with van der Waals surface area (Å²) >= 11 is 0. The lowest BCUT2D eigenvalue weighted by molar-refractivity contribution is -0.0691. The first-order valence-corrected chi connectivity index (χ1v) is 6.46. The number of hydrogen-bond donors (Lipinski definition) is 1. The summed E-state index contributed by atoms with van der Waals surface area (Å²) in [7, 11) is 1.62. The zero-order valence-electron chi connectivity index (χ0n) is 11.2. The maximum atomic E-state index is 10.8. The van der Waals surface area contributed by atoms with E-state index in [4.69, 9.17) is 9.47 Å². The Morgan fingerprint density at radius 1 is 1.42 bits per heavy atom. The zero-order valence-corrected chi connectivity index (χ0v) is 11.2. The predicted molar refractivity (Wildman–Crippen MR) is 70.4 cm³/mol. The molecule has 0 saturated carbocycles. The van der Waals surface area contributed by atoms with Crippen molar-refractivity contribution in [3.63, 3.8) is 0 Å². The summed E-state index contributed by atoms with van der Waals surface area (Å²) < 4.78 is 12.7. The van der Waals surface area contributed by atoms with Crippen molar-refractivity contribution in [2.45, 2.75) is 25.4 Å². The van der Waals surface area contributed by atoms with E-state index < -0.39 is 5.60 Å². The van der Waals surface area contributed by atoms with E-state index in [1.807, 2.05) is 29.8 Å². The van der Waals surface area contributed by atoms with Crippen LogP contribution in [0.5, 0.6) is 5.75 Å². The van der Waals surface area contributed by atoms with Crippen LogP contribution in [0, 0.1) is 6.92 Å². The molecule has 3 rings (SSSR count). The normalized spacial score (nSPS) is 18.7. The highest BCUT2D eigenvalue weighted by Gasteiger charge is 2.35. The lowest BCUT2D eigenvalue weighted by Crippen LogP contribution is -2.34. The molecule has 0 aliphatic carbocycles. The first-order valence-electron chi connectivity index (χ1n) is 6.46. The number of aliphatic hydroxyl groups is 1. The number of aromatic nitrogens is 2. The summed E-state index contributed by atoms with van der Waals surface area (Å²) in [5.41, 5.74) is 1.80. The smallest absolute Gasteiger partial charge is 0.140 e. The molecule has 1 aliphatic rings. The molecular formula is C14H18N2O3. The van der Waals surface area contributed by atoms with E-state index in [0.717, 1.165) is 16.9 Å². The Hall–Kier alpha value is -1.59. The van der Waals surface area contributed by atoms with E-state index in [9.17, 15) is 5.11 Å². The van der Waals surface area contributed by atoms with Gasteiger partial charge in [0.1, 0.15) is 11.4 Å². The van der Waals surface area contributed by atoms with Crippen LogP contribution in [0.3, 0.4) is 0 Å². The quantitative estimate of drug-likeness (QED) is 0.894. The van der Waals surface area contributed by atoms with Gasteiger partial charge in [0.05, 0.1) is 12.7 Å². The van der Waals surface area contributed by atoms with Gasteiger partial charge in [-0.2, -0.15) is 0 Å². The van der Waals surface area contributed by atoms with Crippen molar-refractivity contribution < 1.29 is 14.6 Å². The van der Waals surface area contributed by atoms with E-state index in [1.165, 1.54) is 0 Å². The number of pyridine rings is 1. The highest BCUT2D eigenvalue weighted by atomic mass is 16.5. The number of hydrogen-bond acceptors (Lipinski definition) is 4. The van der Waals surface area contributed by atoms with Gasteiger partial charge >= 0.3 is 0 Å². The highest BCUT2D eigenvalue weighted by molar-refractivity contribution is 5.51. The van der Waals surface area contributed by atoms with Crippen molar-refractivity contribution in [1.82, 2.24) is 9.38 Å². The molecule has 0 spiro atoms. The monoisotopic (exact) mass is 262 g/mol. The fourth-order valence-corrected chi connectivity index (χ4v) is 2.62. The Labute approximate surface area is 111 Å². The van der Waals surface area contributed by atoms with Gasteiger partial charge in [-0.3, -0.25) is 0 Å². The van der Waals surface area contributed by atoms with Crippen LogP contribution in [0.2, 0.25) is 0 Å². The lowest BCUT2D eigenvalue weighted by Gasteiger charge is -2.33. The van der Waals surface area contributed by atoms with Crippen LogP contribution in [0.4, 0.5) is 0 Å². The van der Waals surface area contributed by atoms with Gasteiger partial charge in [-0.25, -0.2) is 4.98 Å². The minimum Gasteiger partial charge on any atom is -0.496 e. The van der Waals surface area contributed by atoms with E-state index in [2.05, 4.69) is 4.98 Å². The largest absolute Gasteiger partial charge is 0.496 e. The van der Waals surface area contributed by atoms with Gasteiger partial charge in [-0.15, -0.1) is 0 Å². The molecule has 5 nitrogen and oxygen atoms in total. The van der Waals surface area contributed by atoms with Crippen LogP contribution in [0.25, 0.3) is 5.65 Å². The molecule has 1 aliphatic heterocycles. The standard InChI is InChI=1S/C14H18N2O3/c1-10-8-15-13-7-12(18-2)11(9-16(10)13)14(17)3-5-19-6-4-14/h7-9,17H,3-6H2,1-2H3. The van der Waals surface area contributed by atoms with Crippen molar-refractivity contribution in [2.24, 2.45) is 0 Å². The molecule has 0 unspecified atom stereocenters. The maximum absolute atomic E-state index is 10.8. The fourth-order valence-electron chi connectivity index (χ4n) is 2.62. The molecule has 19 heavy (non-hydrogen) atoms. The van der Waals surface area contributed by atoms with Crippen molar-refractivity contribution >= 4 is 5.65 Å². The van der Waals surface area contributed by atoms with Crippen molar-refractivity contribution in [1.29, 1.82) is 0 Å². The van der Waals surface area contributed by atoms with Crippen LogP contribution in [-0.2, 0) is 10.3 Å². The number of fused-ring (bicyclic) bond motifs is 1. The third kappa shape index (κ3) is 1.99. The van der Waals surface area contributed by atoms with Crippen molar-refractivity contribution in [2.75, 3.05) is 20.3 Å². The number of nitrogens with zero attached hydrogens (tertiary/aromatic N) is 2. The Bertz CT molecular complexity index is 600. The number of ether oxygens (including phenoxy) is 2. The van der Waals surface area contributed by atoms with Crippen LogP contribution in [0.1, 0.15) is 24.1 Å². The molecule has 1 N–H and O–H groups in total. The van der Waals surface area contributed by atoms with Crippen LogP contribution >= 0.6 is 0 Å². The van der Waals surface area contributed by atoms with Gasteiger partial charge in [-0.05, 0) is 6.92 Å². The van der Waals surface area contributed by atoms with Crippen LogP contribution < -0.4 is 4.74 Å². The second-order valence-electron chi connectivity index (χ2n) is 5.03. The van der Waals surface area contributed by atoms with E-state index in [-0.39, 0.29) is 0 Å². The molecule has 1 fully saturated rings. The van der Waals surface area contributed by atoms with Gasteiger partial charge < -0.3 is 19.0 Å². The summed E-state index contributed by atoms with van der Waals surface area (Å²) in [6, 6.07) is 1.87. The fraction of sp³-hybridized carbons (Fsp3) is 0.500. The minimum absolute atomic E-state index is 0.570. The topological polar surface area (TPSA) is 56.0 Å². The molecule has 0 aromatic carbocycles. The molecule has 102 valence electrons. The van der Waals surface area contributed by atoms with E-state index >= 15 is 0 Å². The summed E-state index contributed by atoms with van der Waals surface area (Å²) in [4.78, 5) is 4.31. The van der Waals surface area contributed by atoms with Gasteiger partial charge in [0, 0.05) is 55.8 Å². The van der Waals surface area contributed by atoms with E-state index in [0.29, 0.717) is 31.8 Å². The number of imidazole rings is 1. The van der Waals surface area contributed by atoms with Crippen LogP contribution in [-0.4, -0.2) is 34.8 Å². The second kappa shape index (κ2) is 4.51. The minimum atomic E-state index is -0.880. The molecule has 2 aromatic heterocycles. The maximum Gasteiger partial charge on any atom is 0.140 e. The molecule has 1 saturated heterocycles. The molecule has 2 aromatic rings. The highest BCUT2D eigenvalue weighted by Crippen LogP contribution is 2.38. The number of methoxy groups -OCH3 is 1. The number of aryl methyl sites for hydroxylation is 1. The summed E-state index contributed by atoms with van der Waals surface area (Å²) in [6.07, 6.45) is 4.92. The molecule has 3 heterocycles. The van der Waals surface area contributed by atoms with Gasteiger partial charge in [0.25, 0.3) is 0 Å². The molecular weight excluding hydrogens is 244 g/mol. The Morgan fingerprint density at radius 3 is 2.84 bits per heavy atom. The third-order valence-corrected chi connectivity index (χ3v) is 3.84. The molecule has 5 heteroatoms. The predicted octanol–water partition coefficient (Wildman–Crippen LogP) is 1.65. The van der Waals surface area contributed by atoms with E-state index in [1.54, 1.807) is 7.11 Å². The summed E-state index contributed by atoms with van der Waals surface area (Å²) in [5.74, 6) is 0.683. The third-order valence-electron chi connectivity index (χ3n) is 3.84. The Balaban J connectivity index is 2.17. The van der Waals surface area contributed by atoms with Crippen molar-refractivity contribution in [3.05, 3.63) is 29.7 Å². The SMILES string of the molecule is COc1cc2ncc(C)n2cc1C1(O)CCOCC1. The Morgan fingerprint density at radius 2 is 2.16 bits per heavy atom. The van der Waals surface area contributed by atoms with Crippen LogP contribution in [0.15, 0.2) is 18.5 Å². The number of rotatable bonds is 2. The average molecular weight is 262 g/mol. The summed E-state index contributed by atoms with van der Waals surface area (Å²) in [5, 5.41) is 10.8. The molecule has 0 atom stereocenters. The average Bonchev–Trinajstić information content (AvgIpc) is 2.79. The first-order chi connectivity index (χ1) is 9.14. The van der Waals surface area contributed by atoms with Gasteiger partial charge in [0.15, 0.2) is 0 Å². The van der Waals surface area contributed by atoms with Gasteiger partial charge in [-0.1, -0.05) is 0 Å².